The Kier molecular flexibility index (Phi) is 4.81. The van der Waals surface area contributed by atoms with Crippen molar-refractivity contribution in [3.8, 4) is 0 Å². The number of nitrogens with one attached hydrogen (secondary N) is 1. The van der Waals surface area contributed by atoms with Crippen molar-refractivity contribution in [1.82, 2.24) is 4.90 Å². The van der Waals surface area contributed by atoms with E-state index in [1.54, 1.807) is 12.1 Å². The number of rotatable bonds is 5. The van der Waals surface area contributed by atoms with Gasteiger partial charge in [-0.3, -0.25) is 9.69 Å². The first kappa shape index (κ1) is 15.7. The van der Waals surface area contributed by atoms with Crippen LogP contribution in [0.5, 0.6) is 0 Å². The maximum atomic E-state index is 11.2. The molecule has 1 aliphatic rings. The molecule has 8 heteroatoms. The number of primary amides is 1. The maximum absolute atomic E-state index is 11.2. The van der Waals surface area contributed by atoms with E-state index in [2.05, 4.69) is 5.32 Å². The van der Waals surface area contributed by atoms with Crippen LogP contribution >= 0.6 is 0 Å². The van der Waals surface area contributed by atoms with E-state index in [1.165, 1.54) is 12.1 Å². The standard InChI is InChI=1S/C13H20N4O3S/c14-13(18)9-17-7-5-11(6-8-17)16-10-1-3-12(4-2-10)21(15,19)20/h1-4,11,16H,5-9H2,(H2,14,18)(H2,15,19,20). The predicted octanol–water partition coefficient (Wildman–Crippen LogP) is -0.304. The van der Waals surface area contributed by atoms with Gasteiger partial charge < -0.3 is 11.1 Å². The SMILES string of the molecule is NC(=O)CN1CCC(Nc2ccc(S(N)(=O)=O)cc2)CC1. The van der Waals surface area contributed by atoms with Crippen molar-refractivity contribution in [3.63, 3.8) is 0 Å². The van der Waals surface area contributed by atoms with Gasteiger partial charge >= 0.3 is 0 Å². The summed E-state index contributed by atoms with van der Waals surface area (Å²) in [5, 5.41) is 8.41. The Morgan fingerprint density at radius 2 is 1.81 bits per heavy atom. The zero-order valence-corrected chi connectivity index (χ0v) is 12.5. The Bertz CT molecular complexity index is 592. The zero-order chi connectivity index (χ0) is 15.5. The van der Waals surface area contributed by atoms with Crippen LogP contribution in [0.3, 0.4) is 0 Å². The fourth-order valence-electron chi connectivity index (χ4n) is 2.43. The fraction of sp³-hybridized carbons (Fsp3) is 0.462. The van der Waals surface area contributed by atoms with E-state index in [0.29, 0.717) is 12.6 Å². The van der Waals surface area contributed by atoms with Crippen molar-refractivity contribution >= 4 is 21.6 Å². The van der Waals surface area contributed by atoms with E-state index in [0.717, 1.165) is 31.6 Å². The Morgan fingerprint density at radius 3 is 2.29 bits per heavy atom. The van der Waals surface area contributed by atoms with E-state index in [9.17, 15) is 13.2 Å². The number of benzene rings is 1. The van der Waals surface area contributed by atoms with Gasteiger partial charge in [-0.25, -0.2) is 13.6 Å². The van der Waals surface area contributed by atoms with Crippen molar-refractivity contribution < 1.29 is 13.2 Å². The number of nitrogens with two attached hydrogens (primary N) is 2. The van der Waals surface area contributed by atoms with Crippen LogP contribution in [0.1, 0.15) is 12.8 Å². The van der Waals surface area contributed by atoms with Crippen LogP contribution in [0.15, 0.2) is 29.2 Å². The number of carbonyl (C=O) groups is 1. The average Bonchev–Trinajstić information content (AvgIpc) is 2.40. The predicted molar refractivity (Wildman–Crippen MR) is 80.1 cm³/mol. The summed E-state index contributed by atoms with van der Waals surface area (Å²) in [5.74, 6) is -0.306. The summed E-state index contributed by atoms with van der Waals surface area (Å²) < 4.78 is 22.3. The molecule has 116 valence electrons. The van der Waals surface area contributed by atoms with Crippen molar-refractivity contribution in [2.45, 2.75) is 23.8 Å². The Labute approximate surface area is 124 Å². The summed E-state index contributed by atoms with van der Waals surface area (Å²) in [6.45, 7) is 1.93. The molecule has 2 rings (SSSR count). The van der Waals surface area contributed by atoms with Gasteiger partial charge in [0.2, 0.25) is 15.9 Å². The number of hydrogen-bond acceptors (Lipinski definition) is 5. The first-order valence-electron chi connectivity index (χ1n) is 6.74. The van der Waals surface area contributed by atoms with E-state index in [1.807, 2.05) is 4.90 Å². The number of hydrogen-bond donors (Lipinski definition) is 3. The molecule has 1 heterocycles. The van der Waals surface area contributed by atoms with Gasteiger partial charge in [0, 0.05) is 24.8 Å². The molecule has 0 aliphatic carbocycles. The number of sulfonamides is 1. The molecule has 0 radical (unpaired) electrons. The molecule has 0 unspecified atom stereocenters. The highest BCUT2D eigenvalue weighted by molar-refractivity contribution is 7.89. The van der Waals surface area contributed by atoms with E-state index in [-0.39, 0.29) is 10.8 Å². The molecule has 0 bridgehead atoms. The quantitative estimate of drug-likeness (QED) is 0.689. The molecular weight excluding hydrogens is 292 g/mol. The third kappa shape index (κ3) is 4.69. The molecule has 0 saturated carbocycles. The first-order chi connectivity index (χ1) is 9.84. The van der Waals surface area contributed by atoms with Gasteiger partial charge in [0.05, 0.1) is 11.4 Å². The Balaban J connectivity index is 1.88. The molecule has 1 aromatic rings. The average molecular weight is 312 g/mol. The highest BCUT2D eigenvalue weighted by Gasteiger charge is 2.20. The lowest BCUT2D eigenvalue weighted by atomic mass is 10.0. The second-order valence-electron chi connectivity index (χ2n) is 5.23. The highest BCUT2D eigenvalue weighted by atomic mass is 32.2. The molecule has 1 aromatic carbocycles. The molecule has 1 saturated heterocycles. The zero-order valence-electron chi connectivity index (χ0n) is 11.7. The van der Waals surface area contributed by atoms with Crippen molar-refractivity contribution in [2.24, 2.45) is 10.9 Å². The van der Waals surface area contributed by atoms with Crippen LogP contribution in [0.2, 0.25) is 0 Å². The minimum Gasteiger partial charge on any atom is -0.382 e. The summed E-state index contributed by atoms with van der Waals surface area (Å²) in [6.07, 6.45) is 1.81. The monoisotopic (exact) mass is 312 g/mol. The largest absolute Gasteiger partial charge is 0.382 e. The molecule has 7 nitrogen and oxygen atoms in total. The first-order valence-corrected chi connectivity index (χ1v) is 8.29. The molecule has 0 spiro atoms. The molecule has 21 heavy (non-hydrogen) atoms. The lowest BCUT2D eigenvalue weighted by molar-refractivity contribution is -0.119. The number of piperidine rings is 1. The van der Waals surface area contributed by atoms with Gasteiger partial charge in [-0.2, -0.15) is 0 Å². The Hall–Kier alpha value is -1.64. The van der Waals surface area contributed by atoms with Gasteiger partial charge in [-0.15, -0.1) is 0 Å². The number of primary sulfonamides is 1. The van der Waals surface area contributed by atoms with Crippen LogP contribution < -0.4 is 16.2 Å². The van der Waals surface area contributed by atoms with Gasteiger partial charge in [0.25, 0.3) is 0 Å². The van der Waals surface area contributed by atoms with Crippen molar-refractivity contribution in [3.05, 3.63) is 24.3 Å². The van der Waals surface area contributed by atoms with Crippen LogP contribution in [0, 0.1) is 0 Å². The second-order valence-corrected chi connectivity index (χ2v) is 6.79. The van der Waals surface area contributed by atoms with Gasteiger partial charge in [0.15, 0.2) is 0 Å². The van der Waals surface area contributed by atoms with E-state index < -0.39 is 10.0 Å². The van der Waals surface area contributed by atoms with Crippen LogP contribution in [0.25, 0.3) is 0 Å². The third-order valence-corrected chi connectivity index (χ3v) is 4.45. The molecule has 1 aliphatic heterocycles. The molecule has 0 aromatic heterocycles. The van der Waals surface area contributed by atoms with Crippen LogP contribution in [-0.4, -0.2) is 44.9 Å². The van der Waals surface area contributed by atoms with Crippen LogP contribution in [-0.2, 0) is 14.8 Å². The third-order valence-electron chi connectivity index (χ3n) is 3.52. The number of nitrogens with zero attached hydrogens (tertiary/aromatic N) is 1. The lowest BCUT2D eigenvalue weighted by Crippen LogP contribution is -2.42. The summed E-state index contributed by atoms with van der Waals surface area (Å²) >= 11 is 0. The minimum absolute atomic E-state index is 0.101. The fourth-order valence-corrected chi connectivity index (χ4v) is 2.95. The molecular formula is C13H20N4O3S. The van der Waals surface area contributed by atoms with Gasteiger partial charge in [-0.05, 0) is 37.1 Å². The summed E-state index contributed by atoms with van der Waals surface area (Å²) in [5.41, 5.74) is 6.03. The topological polar surface area (TPSA) is 119 Å². The summed E-state index contributed by atoms with van der Waals surface area (Å²) in [7, 11) is -3.65. The number of carbonyl (C=O) groups excluding carboxylic acids is 1. The number of likely N-dealkylation sites (tertiary alicyclic amines) is 1. The summed E-state index contributed by atoms with van der Waals surface area (Å²) in [6, 6.07) is 6.68. The summed E-state index contributed by atoms with van der Waals surface area (Å²) in [4.78, 5) is 13.0. The van der Waals surface area contributed by atoms with Crippen LogP contribution in [0.4, 0.5) is 5.69 Å². The number of amides is 1. The van der Waals surface area contributed by atoms with E-state index >= 15 is 0 Å². The molecule has 1 fully saturated rings. The molecule has 5 N–H and O–H groups in total. The molecule has 1 amide bonds. The number of anilines is 1. The smallest absolute Gasteiger partial charge is 0.238 e. The maximum Gasteiger partial charge on any atom is 0.238 e. The highest BCUT2D eigenvalue weighted by Crippen LogP contribution is 2.18. The van der Waals surface area contributed by atoms with Gasteiger partial charge in [0.1, 0.15) is 0 Å². The van der Waals surface area contributed by atoms with E-state index in [4.69, 9.17) is 10.9 Å². The van der Waals surface area contributed by atoms with Gasteiger partial charge in [-0.1, -0.05) is 0 Å². The lowest BCUT2D eigenvalue weighted by Gasteiger charge is -2.32. The Morgan fingerprint density at radius 1 is 1.24 bits per heavy atom. The molecule has 0 atom stereocenters. The van der Waals surface area contributed by atoms with Crippen molar-refractivity contribution in [1.29, 1.82) is 0 Å². The minimum atomic E-state index is -3.65. The second kappa shape index (κ2) is 6.42. The van der Waals surface area contributed by atoms with Crippen molar-refractivity contribution in [2.75, 3.05) is 25.0 Å². The normalized spacial score (nSPS) is 17.6.